The molecule has 1 heterocycles. The standard InChI is InChI=1S/C15H14N2O2/c1-2-4-13(5-3-1)17-16-11-12-6-7-14-15(10-12)19-9-8-18-14/h1-7,10-11,17H,8-9H2/b16-11-. The van der Waals surface area contributed by atoms with Crippen molar-refractivity contribution in [1.82, 2.24) is 0 Å². The Kier molecular flexibility index (Phi) is 3.32. The molecule has 0 amide bonds. The van der Waals surface area contributed by atoms with Gasteiger partial charge in [-0.1, -0.05) is 18.2 Å². The highest BCUT2D eigenvalue weighted by Crippen LogP contribution is 2.30. The van der Waals surface area contributed by atoms with E-state index in [2.05, 4.69) is 10.5 Å². The van der Waals surface area contributed by atoms with Gasteiger partial charge in [0.05, 0.1) is 11.9 Å². The van der Waals surface area contributed by atoms with Crippen LogP contribution in [0.15, 0.2) is 53.6 Å². The third-order valence-electron chi connectivity index (χ3n) is 2.75. The summed E-state index contributed by atoms with van der Waals surface area (Å²) >= 11 is 0. The number of hydrogen-bond donors (Lipinski definition) is 1. The van der Waals surface area contributed by atoms with Crippen LogP contribution in [0, 0.1) is 0 Å². The number of rotatable bonds is 3. The highest BCUT2D eigenvalue weighted by Gasteiger charge is 2.10. The van der Waals surface area contributed by atoms with Crippen molar-refractivity contribution in [2.24, 2.45) is 5.10 Å². The molecule has 0 atom stereocenters. The second-order valence-corrected chi connectivity index (χ2v) is 4.14. The minimum atomic E-state index is 0.593. The molecule has 1 aliphatic rings. The minimum absolute atomic E-state index is 0.593. The van der Waals surface area contributed by atoms with Crippen molar-refractivity contribution in [3.63, 3.8) is 0 Å². The number of hydrazone groups is 1. The first-order valence-electron chi connectivity index (χ1n) is 6.15. The first-order valence-corrected chi connectivity index (χ1v) is 6.15. The Balaban J connectivity index is 1.69. The van der Waals surface area contributed by atoms with Crippen molar-refractivity contribution in [2.45, 2.75) is 0 Å². The van der Waals surface area contributed by atoms with Crippen LogP contribution in [0.2, 0.25) is 0 Å². The number of para-hydroxylation sites is 1. The number of nitrogens with one attached hydrogen (secondary N) is 1. The molecule has 3 rings (SSSR count). The summed E-state index contributed by atoms with van der Waals surface area (Å²) in [6.45, 7) is 1.20. The van der Waals surface area contributed by atoms with E-state index in [1.54, 1.807) is 6.21 Å². The van der Waals surface area contributed by atoms with Crippen LogP contribution in [0.4, 0.5) is 5.69 Å². The third-order valence-corrected chi connectivity index (χ3v) is 2.75. The lowest BCUT2D eigenvalue weighted by Crippen LogP contribution is -2.15. The summed E-state index contributed by atoms with van der Waals surface area (Å²) in [5.41, 5.74) is 4.89. The van der Waals surface area contributed by atoms with Crippen molar-refractivity contribution in [3.8, 4) is 11.5 Å². The lowest BCUT2D eigenvalue weighted by Gasteiger charge is -2.18. The van der Waals surface area contributed by atoms with Gasteiger partial charge in [0.1, 0.15) is 13.2 Å². The smallest absolute Gasteiger partial charge is 0.162 e. The fourth-order valence-electron chi connectivity index (χ4n) is 1.83. The van der Waals surface area contributed by atoms with Crippen LogP contribution < -0.4 is 14.9 Å². The van der Waals surface area contributed by atoms with Gasteiger partial charge in [0.2, 0.25) is 0 Å². The molecule has 19 heavy (non-hydrogen) atoms. The van der Waals surface area contributed by atoms with Crippen LogP contribution in [-0.4, -0.2) is 19.4 Å². The Morgan fingerprint density at radius 2 is 1.74 bits per heavy atom. The van der Waals surface area contributed by atoms with E-state index in [0.717, 1.165) is 22.7 Å². The lowest BCUT2D eigenvalue weighted by atomic mass is 10.2. The molecule has 0 aromatic heterocycles. The molecule has 2 aromatic rings. The van der Waals surface area contributed by atoms with E-state index in [0.29, 0.717) is 13.2 Å². The van der Waals surface area contributed by atoms with Crippen LogP contribution in [0.5, 0.6) is 11.5 Å². The minimum Gasteiger partial charge on any atom is -0.486 e. The average Bonchev–Trinajstić information content (AvgIpc) is 2.48. The van der Waals surface area contributed by atoms with E-state index in [9.17, 15) is 0 Å². The summed E-state index contributed by atoms with van der Waals surface area (Å²) in [6.07, 6.45) is 1.76. The Bertz CT molecular complexity index is 582. The van der Waals surface area contributed by atoms with E-state index in [1.807, 2.05) is 48.5 Å². The zero-order valence-electron chi connectivity index (χ0n) is 10.4. The molecule has 0 saturated carbocycles. The van der Waals surface area contributed by atoms with Crippen LogP contribution in [0.1, 0.15) is 5.56 Å². The molecule has 0 bridgehead atoms. The first kappa shape index (κ1) is 11.6. The van der Waals surface area contributed by atoms with E-state index in [-0.39, 0.29) is 0 Å². The summed E-state index contributed by atoms with van der Waals surface area (Å²) in [5.74, 6) is 1.56. The van der Waals surface area contributed by atoms with Gasteiger partial charge in [0.25, 0.3) is 0 Å². The second-order valence-electron chi connectivity index (χ2n) is 4.14. The van der Waals surface area contributed by atoms with E-state index in [1.165, 1.54) is 0 Å². The van der Waals surface area contributed by atoms with Crippen molar-refractivity contribution < 1.29 is 9.47 Å². The fraction of sp³-hybridized carbons (Fsp3) is 0.133. The molecule has 4 heteroatoms. The maximum atomic E-state index is 5.52. The van der Waals surface area contributed by atoms with E-state index < -0.39 is 0 Å². The van der Waals surface area contributed by atoms with Gasteiger partial charge in [-0.2, -0.15) is 5.10 Å². The number of fused-ring (bicyclic) bond motifs is 1. The number of ether oxygens (including phenoxy) is 2. The van der Waals surface area contributed by atoms with Crippen molar-refractivity contribution in [3.05, 3.63) is 54.1 Å². The van der Waals surface area contributed by atoms with Crippen molar-refractivity contribution in [2.75, 3.05) is 18.6 Å². The molecular weight excluding hydrogens is 240 g/mol. The summed E-state index contributed by atoms with van der Waals surface area (Å²) in [7, 11) is 0. The van der Waals surface area contributed by atoms with Gasteiger partial charge in [0.15, 0.2) is 11.5 Å². The summed E-state index contributed by atoms with van der Waals surface area (Å²) < 4.78 is 11.0. The summed E-state index contributed by atoms with van der Waals surface area (Å²) in [6, 6.07) is 15.6. The Morgan fingerprint density at radius 1 is 0.947 bits per heavy atom. The molecule has 0 aliphatic carbocycles. The van der Waals surface area contributed by atoms with Crippen molar-refractivity contribution >= 4 is 11.9 Å². The lowest BCUT2D eigenvalue weighted by molar-refractivity contribution is 0.171. The summed E-state index contributed by atoms with van der Waals surface area (Å²) in [4.78, 5) is 0. The SMILES string of the molecule is C(=N/Nc1ccccc1)/c1ccc2c(c1)OCCO2. The zero-order valence-corrected chi connectivity index (χ0v) is 10.4. The molecular formula is C15H14N2O2. The number of hydrogen-bond acceptors (Lipinski definition) is 4. The normalized spacial score (nSPS) is 13.5. The fourth-order valence-corrected chi connectivity index (χ4v) is 1.83. The maximum Gasteiger partial charge on any atom is 0.162 e. The first-order chi connectivity index (χ1) is 9.42. The predicted octanol–water partition coefficient (Wildman–Crippen LogP) is 2.90. The molecule has 0 saturated heterocycles. The quantitative estimate of drug-likeness (QED) is 0.676. The van der Waals surface area contributed by atoms with Gasteiger partial charge in [-0.05, 0) is 35.9 Å². The molecule has 2 aromatic carbocycles. The Morgan fingerprint density at radius 3 is 2.58 bits per heavy atom. The Labute approximate surface area is 111 Å². The topological polar surface area (TPSA) is 42.9 Å². The Hall–Kier alpha value is -2.49. The van der Waals surface area contributed by atoms with Gasteiger partial charge >= 0.3 is 0 Å². The van der Waals surface area contributed by atoms with Gasteiger partial charge in [-0.25, -0.2) is 0 Å². The van der Waals surface area contributed by atoms with Gasteiger partial charge < -0.3 is 9.47 Å². The largest absolute Gasteiger partial charge is 0.486 e. The molecule has 96 valence electrons. The maximum absolute atomic E-state index is 5.52. The van der Waals surface area contributed by atoms with E-state index in [4.69, 9.17) is 9.47 Å². The van der Waals surface area contributed by atoms with Crippen LogP contribution >= 0.6 is 0 Å². The third kappa shape index (κ3) is 2.85. The molecule has 0 unspecified atom stereocenters. The molecule has 1 aliphatic heterocycles. The highest BCUT2D eigenvalue weighted by molar-refractivity contribution is 5.81. The number of benzene rings is 2. The molecule has 0 fully saturated rings. The second kappa shape index (κ2) is 5.44. The van der Waals surface area contributed by atoms with Crippen LogP contribution in [0.3, 0.4) is 0 Å². The molecule has 4 nitrogen and oxygen atoms in total. The van der Waals surface area contributed by atoms with Crippen molar-refractivity contribution in [1.29, 1.82) is 0 Å². The number of anilines is 1. The average molecular weight is 254 g/mol. The molecule has 0 spiro atoms. The zero-order chi connectivity index (χ0) is 12.9. The monoisotopic (exact) mass is 254 g/mol. The van der Waals surface area contributed by atoms with Gasteiger partial charge in [0, 0.05) is 0 Å². The van der Waals surface area contributed by atoms with Crippen LogP contribution in [0.25, 0.3) is 0 Å². The van der Waals surface area contributed by atoms with Crippen LogP contribution in [-0.2, 0) is 0 Å². The predicted molar refractivity (Wildman–Crippen MR) is 75.1 cm³/mol. The highest BCUT2D eigenvalue weighted by atomic mass is 16.6. The summed E-state index contributed by atoms with van der Waals surface area (Å²) in [5, 5.41) is 4.19. The molecule has 1 N–H and O–H groups in total. The van der Waals surface area contributed by atoms with Gasteiger partial charge in [-0.15, -0.1) is 0 Å². The number of nitrogens with zero attached hydrogens (tertiary/aromatic N) is 1. The molecule has 0 radical (unpaired) electrons. The van der Waals surface area contributed by atoms with Gasteiger partial charge in [-0.3, -0.25) is 5.43 Å². The van der Waals surface area contributed by atoms with E-state index >= 15 is 0 Å².